The average Bonchev–Trinajstić information content (AvgIpc) is 2.73. The molecule has 0 saturated carbocycles. The number of primary amides is 1. The fourth-order valence-electron chi connectivity index (χ4n) is 3.81. The highest BCUT2D eigenvalue weighted by molar-refractivity contribution is 6.31. The molecule has 4 N–H and O–H groups in total. The summed E-state index contributed by atoms with van der Waals surface area (Å²) in [4.78, 5) is 22.7. The van der Waals surface area contributed by atoms with Gasteiger partial charge in [0.2, 0.25) is 11.7 Å². The van der Waals surface area contributed by atoms with Gasteiger partial charge in [-0.3, -0.25) is 9.69 Å². The van der Waals surface area contributed by atoms with Gasteiger partial charge in [0.1, 0.15) is 6.33 Å². The molecule has 1 aliphatic heterocycles. The molecule has 31 heavy (non-hydrogen) atoms. The molecule has 2 heterocycles. The maximum atomic E-state index is 15.2. The molecule has 2 aromatic rings. The average molecular weight is 451 g/mol. The number of benzene rings is 1. The van der Waals surface area contributed by atoms with E-state index in [4.69, 9.17) is 17.3 Å². The number of carbonyl (C=O) groups excluding carboxylic acids is 1. The number of aliphatic hydroxyl groups excluding tert-OH is 1. The Labute approximate surface area is 186 Å². The molecule has 8 nitrogen and oxygen atoms in total. The van der Waals surface area contributed by atoms with E-state index in [9.17, 15) is 9.90 Å². The van der Waals surface area contributed by atoms with Gasteiger partial charge in [0.25, 0.3) is 0 Å². The smallest absolute Gasteiger partial charge is 0.231 e. The number of rotatable bonds is 8. The van der Waals surface area contributed by atoms with Gasteiger partial charge in [0.15, 0.2) is 11.6 Å². The quantitative estimate of drug-likeness (QED) is 0.564. The zero-order valence-electron chi connectivity index (χ0n) is 17.6. The number of amides is 1. The number of hydrogen-bond donors (Lipinski definition) is 3. The Bertz CT molecular complexity index is 917. The van der Waals surface area contributed by atoms with Crippen LogP contribution >= 0.6 is 11.6 Å². The van der Waals surface area contributed by atoms with Crippen LogP contribution in [0.15, 0.2) is 30.6 Å². The first-order chi connectivity index (χ1) is 14.8. The highest BCUT2D eigenvalue weighted by Gasteiger charge is 2.29. The number of likely N-dealkylation sites (tertiary alicyclic amines) is 1. The number of halogens is 2. The molecule has 1 fully saturated rings. The van der Waals surface area contributed by atoms with Gasteiger partial charge >= 0.3 is 0 Å². The number of piperidine rings is 1. The molecule has 1 aromatic carbocycles. The lowest BCUT2D eigenvalue weighted by Crippen LogP contribution is -2.48. The van der Waals surface area contributed by atoms with Gasteiger partial charge in [-0.2, -0.15) is 4.39 Å². The molecule has 0 unspecified atom stereocenters. The van der Waals surface area contributed by atoms with Crippen molar-refractivity contribution in [3.63, 3.8) is 0 Å². The summed E-state index contributed by atoms with van der Waals surface area (Å²) in [6.07, 6.45) is 1.32. The molecule has 0 bridgehead atoms. The minimum atomic E-state index is -0.645. The fraction of sp³-hybridized carbons (Fsp3) is 0.476. The van der Waals surface area contributed by atoms with Crippen LogP contribution in [0.2, 0.25) is 5.02 Å². The lowest BCUT2D eigenvalue weighted by molar-refractivity contribution is -0.120. The molecule has 1 saturated heterocycles. The van der Waals surface area contributed by atoms with Crippen LogP contribution in [0, 0.1) is 11.7 Å². The van der Waals surface area contributed by atoms with Crippen molar-refractivity contribution in [2.75, 3.05) is 43.4 Å². The van der Waals surface area contributed by atoms with Gasteiger partial charge in [-0.15, -0.1) is 0 Å². The lowest BCUT2D eigenvalue weighted by Gasteiger charge is -2.35. The van der Waals surface area contributed by atoms with Crippen molar-refractivity contribution in [2.45, 2.75) is 25.5 Å². The standard InChI is InChI=1S/C21H28ClFN6O2/c1-13(15-5-3-4-6-16(15)22)28(2)21-19(23)20(26-12-27-21)25-9-14-7-8-29(10-17(14)30)11-18(24)31/h3-6,12-14,17,30H,7-11H2,1-2H3,(H2,24,31)(H,25,26,27)/t13-,14-,17+/m1/s1. The van der Waals surface area contributed by atoms with E-state index < -0.39 is 17.8 Å². The maximum absolute atomic E-state index is 15.2. The Balaban J connectivity index is 1.66. The predicted octanol–water partition coefficient (Wildman–Crippen LogP) is 2.05. The lowest BCUT2D eigenvalue weighted by atomic mass is 9.93. The van der Waals surface area contributed by atoms with Crippen molar-refractivity contribution in [1.29, 1.82) is 0 Å². The summed E-state index contributed by atoms with van der Waals surface area (Å²) < 4.78 is 15.2. The molecule has 3 atom stereocenters. The fourth-order valence-corrected chi connectivity index (χ4v) is 4.10. The first-order valence-corrected chi connectivity index (χ1v) is 10.6. The Kier molecular flexibility index (Phi) is 7.64. The summed E-state index contributed by atoms with van der Waals surface area (Å²) >= 11 is 6.29. The predicted molar refractivity (Wildman–Crippen MR) is 118 cm³/mol. The zero-order valence-corrected chi connectivity index (χ0v) is 18.4. The molecule has 0 spiro atoms. The third-order valence-electron chi connectivity index (χ3n) is 5.76. The van der Waals surface area contributed by atoms with Crippen molar-refractivity contribution >= 4 is 29.1 Å². The molecule has 1 amide bonds. The number of carbonyl (C=O) groups is 1. The van der Waals surface area contributed by atoms with Crippen LogP contribution in [0.25, 0.3) is 0 Å². The van der Waals surface area contributed by atoms with E-state index in [2.05, 4.69) is 15.3 Å². The maximum Gasteiger partial charge on any atom is 0.231 e. The van der Waals surface area contributed by atoms with Crippen LogP contribution < -0.4 is 16.0 Å². The summed E-state index contributed by atoms with van der Waals surface area (Å²) in [6, 6.07) is 7.22. The van der Waals surface area contributed by atoms with E-state index in [1.54, 1.807) is 18.0 Å². The number of nitrogens with two attached hydrogens (primary N) is 1. The minimum Gasteiger partial charge on any atom is -0.391 e. The van der Waals surface area contributed by atoms with E-state index >= 15 is 4.39 Å². The number of anilines is 2. The van der Waals surface area contributed by atoms with Gasteiger partial charge in [-0.1, -0.05) is 29.8 Å². The Morgan fingerprint density at radius 3 is 2.87 bits per heavy atom. The first kappa shape index (κ1) is 23.2. The summed E-state index contributed by atoms with van der Waals surface area (Å²) in [5.74, 6) is -0.850. The van der Waals surface area contributed by atoms with Gasteiger partial charge in [0.05, 0.1) is 18.7 Å². The molecule has 168 valence electrons. The third kappa shape index (κ3) is 5.61. The molecular formula is C21H28ClFN6O2. The van der Waals surface area contributed by atoms with Crippen LogP contribution in [-0.2, 0) is 4.79 Å². The van der Waals surface area contributed by atoms with E-state index in [1.165, 1.54) is 6.33 Å². The number of nitrogens with one attached hydrogen (secondary N) is 1. The highest BCUT2D eigenvalue weighted by Crippen LogP contribution is 2.31. The monoisotopic (exact) mass is 450 g/mol. The van der Waals surface area contributed by atoms with E-state index in [0.29, 0.717) is 31.1 Å². The van der Waals surface area contributed by atoms with Gasteiger partial charge in [-0.05, 0) is 31.5 Å². The molecule has 1 aliphatic rings. The number of nitrogens with zero attached hydrogens (tertiary/aromatic N) is 4. The van der Waals surface area contributed by atoms with Crippen molar-refractivity contribution in [3.8, 4) is 0 Å². The molecular weight excluding hydrogens is 423 g/mol. The van der Waals surface area contributed by atoms with Crippen molar-refractivity contribution < 1.29 is 14.3 Å². The summed E-state index contributed by atoms with van der Waals surface area (Å²) in [7, 11) is 1.75. The second-order valence-electron chi connectivity index (χ2n) is 7.87. The number of aliphatic hydroxyl groups is 1. The van der Waals surface area contributed by atoms with Crippen LogP contribution in [-0.4, -0.2) is 65.2 Å². The largest absolute Gasteiger partial charge is 0.391 e. The van der Waals surface area contributed by atoms with Crippen LogP contribution in [0.3, 0.4) is 0 Å². The molecule has 0 radical (unpaired) electrons. The molecule has 10 heteroatoms. The summed E-state index contributed by atoms with van der Waals surface area (Å²) in [5, 5.41) is 14.0. The minimum absolute atomic E-state index is 0.0787. The van der Waals surface area contributed by atoms with E-state index in [1.807, 2.05) is 30.0 Å². The zero-order chi connectivity index (χ0) is 22.5. The van der Waals surface area contributed by atoms with Crippen LogP contribution in [0.5, 0.6) is 0 Å². The van der Waals surface area contributed by atoms with Gasteiger partial charge in [-0.25, -0.2) is 9.97 Å². The molecule has 1 aromatic heterocycles. The molecule has 0 aliphatic carbocycles. The number of hydrogen-bond acceptors (Lipinski definition) is 7. The Hall–Kier alpha value is -2.49. The Morgan fingerprint density at radius 2 is 2.19 bits per heavy atom. The summed E-state index contributed by atoms with van der Waals surface area (Å²) in [5.41, 5.74) is 6.08. The topological polar surface area (TPSA) is 108 Å². The second-order valence-corrected chi connectivity index (χ2v) is 8.27. The van der Waals surface area contributed by atoms with Crippen molar-refractivity contribution in [3.05, 3.63) is 47.0 Å². The third-order valence-corrected chi connectivity index (χ3v) is 6.10. The van der Waals surface area contributed by atoms with Crippen LogP contribution in [0.4, 0.5) is 16.0 Å². The van der Waals surface area contributed by atoms with Crippen molar-refractivity contribution in [1.82, 2.24) is 14.9 Å². The van der Waals surface area contributed by atoms with Crippen LogP contribution in [0.1, 0.15) is 24.9 Å². The van der Waals surface area contributed by atoms with Gasteiger partial charge in [0, 0.05) is 31.1 Å². The Morgan fingerprint density at radius 1 is 1.45 bits per heavy atom. The van der Waals surface area contributed by atoms with Crippen molar-refractivity contribution in [2.24, 2.45) is 11.7 Å². The van der Waals surface area contributed by atoms with E-state index in [0.717, 1.165) is 5.56 Å². The van der Waals surface area contributed by atoms with E-state index in [-0.39, 0.29) is 30.1 Å². The SMILES string of the molecule is C[C@H](c1ccccc1Cl)N(C)c1ncnc(NC[C@H]2CCN(CC(N)=O)C[C@@H]2O)c1F. The summed E-state index contributed by atoms with van der Waals surface area (Å²) in [6.45, 7) is 3.39. The molecule has 3 rings (SSSR count). The first-order valence-electron chi connectivity index (χ1n) is 10.2. The number of β-amino-alcohol motifs (C(OH)–C–C–N with tert-alkyl or cyclic N) is 1. The second kappa shape index (κ2) is 10.2. The number of aromatic nitrogens is 2. The van der Waals surface area contributed by atoms with Gasteiger partial charge < -0.3 is 21.1 Å². The normalized spacial score (nSPS) is 20.3. The highest BCUT2D eigenvalue weighted by atomic mass is 35.5.